The Morgan fingerprint density at radius 3 is 2.85 bits per heavy atom. The van der Waals surface area contributed by atoms with Crippen LogP contribution in [0.5, 0.6) is 11.6 Å². The Kier molecular flexibility index (Phi) is 4.49. The van der Waals surface area contributed by atoms with Crippen LogP contribution >= 0.6 is 0 Å². The maximum absolute atomic E-state index is 11.8. The summed E-state index contributed by atoms with van der Waals surface area (Å²) in [6.07, 6.45) is 1.32. The average Bonchev–Trinajstić information content (AvgIpc) is 2.46. The van der Waals surface area contributed by atoms with Crippen LogP contribution in [0.4, 0.5) is 5.82 Å². The summed E-state index contributed by atoms with van der Waals surface area (Å²) in [4.78, 5) is 19.5. The number of hydrogen-bond acceptors (Lipinski definition) is 5. The van der Waals surface area contributed by atoms with Crippen LogP contribution in [0.25, 0.3) is 0 Å². The molecule has 0 saturated heterocycles. The molecule has 6 nitrogen and oxygen atoms in total. The van der Waals surface area contributed by atoms with Gasteiger partial charge in [-0.15, -0.1) is 0 Å². The van der Waals surface area contributed by atoms with E-state index in [4.69, 9.17) is 9.47 Å². The van der Waals surface area contributed by atoms with E-state index in [1.807, 2.05) is 31.2 Å². The molecule has 0 aliphatic rings. The van der Waals surface area contributed by atoms with Gasteiger partial charge < -0.3 is 14.8 Å². The van der Waals surface area contributed by atoms with E-state index >= 15 is 0 Å². The van der Waals surface area contributed by atoms with Gasteiger partial charge in [-0.25, -0.2) is 9.97 Å². The van der Waals surface area contributed by atoms with E-state index in [-0.39, 0.29) is 12.5 Å². The van der Waals surface area contributed by atoms with Crippen LogP contribution in [-0.4, -0.2) is 29.6 Å². The van der Waals surface area contributed by atoms with Crippen LogP contribution in [0.1, 0.15) is 5.56 Å². The van der Waals surface area contributed by atoms with Gasteiger partial charge in [-0.3, -0.25) is 4.79 Å². The predicted octanol–water partition coefficient (Wildman–Crippen LogP) is 1.81. The van der Waals surface area contributed by atoms with Gasteiger partial charge in [0.2, 0.25) is 5.88 Å². The molecule has 2 rings (SSSR count). The van der Waals surface area contributed by atoms with Crippen molar-refractivity contribution >= 4 is 11.7 Å². The smallest absolute Gasteiger partial charge is 0.263 e. The Balaban J connectivity index is 1.91. The van der Waals surface area contributed by atoms with E-state index in [0.717, 1.165) is 5.56 Å². The highest BCUT2D eigenvalue weighted by Gasteiger charge is 2.07. The fourth-order valence-corrected chi connectivity index (χ4v) is 1.56. The average molecular weight is 273 g/mol. The first-order valence-electron chi connectivity index (χ1n) is 6.03. The lowest BCUT2D eigenvalue weighted by atomic mass is 10.2. The summed E-state index contributed by atoms with van der Waals surface area (Å²) in [5, 5.41) is 2.61. The first-order valence-corrected chi connectivity index (χ1v) is 6.03. The number of carbonyl (C=O) groups excluding carboxylic acids is 1. The van der Waals surface area contributed by atoms with Crippen molar-refractivity contribution in [2.45, 2.75) is 6.92 Å². The van der Waals surface area contributed by atoms with Crippen molar-refractivity contribution in [2.75, 3.05) is 19.0 Å². The molecule has 1 heterocycles. The number of aryl methyl sites for hydroxylation is 1. The highest BCUT2D eigenvalue weighted by atomic mass is 16.5. The number of benzene rings is 1. The Bertz CT molecular complexity index is 602. The number of hydrogen-bond donors (Lipinski definition) is 1. The molecule has 6 heteroatoms. The summed E-state index contributed by atoms with van der Waals surface area (Å²) in [6, 6.07) is 9.04. The van der Waals surface area contributed by atoms with Gasteiger partial charge in [-0.1, -0.05) is 18.2 Å². The molecule has 1 N–H and O–H groups in total. The van der Waals surface area contributed by atoms with Crippen molar-refractivity contribution in [3.63, 3.8) is 0 Å². The van der Waals surface area contributed by atoms with Crippen molar-refractivity contribution in [3.8, 4) is 11.6 Å². The van der Waals surface area contributed by atoms with Crippen molar-refractivity contribution in [1.82, 2.24) is 9.97 Å². The van der Waals surface area contributed by atoms with Crippen LogP contribution in [0.2, 0.25) is 0 Å². The second kappa shape index (κ2) is 6.51. The number of aromatic nitrogens is 2. The van der Waals surface area contributed by atoms with Crippen LogP contribution in [0.15, 0.2) is 36.7 Å². The van der Waals surface area contributed by atoms with Crippen molar-refractivity contribution in [1.29, 1.82) is 0 Å². The number of anilines is 1. The first-order chi connectivity index (χ1) is 9.69. The summed E-state index contributed by atoms with van der Waals surface area (Å²) in [6.45, 7) is 1.83. The molecule has 0 bridgehead atoms. The van der Waals surface area contributed by atoms with Gasteiger partial charge in [0, 0.05) is 6.07 Å². The second-order valence-electron chi connectivity index (χ2n) is 4.05. The number of para-hydroxylation sites is 1. The molecule has 0 fully saturated rings. The SMILES string of the molecule is COc1cc(NC(=O)COc2ccccc2C)ncn1. The highest BCUT2D eigenvalue weighted by Crippen LogP contribution is 2.16. The second-order valence-corrected chi connectivity index (χ2v) is 4.05. The Labute approximate surface area is 116 Å². The highest BCUT2D eigenvalue weighted by molar-refractivity contribution is 5.91. The normalized spacial score (nSPS) is 9.90. The van der Waals surface area contributed by atoms with Gasteiger partial charge in [-0.2, -0.15) is 0 Å². The molecule has 0 atom stereocenters. The number of nitrogens with zero attached hydrogens (tertiary/aromatic N) is 2. The third kappa shape index (κ3) is 3.68. The summed E-state index contributed by atoms with van der Waals surface area (Å²) in [5.41, 5.74) is 0.976. The molecule has 1 aromatic heterocycles. The zero-order valence-electron chi connectivity index (χ0n) is 11.3. The minimum atomic E-state index is -0.297. The molecule has 0 aliphatic carbocycles. The number of carbonyl (C=O) groups is 1. The maximum atomic E-state index is 11.8. The molecule has 1 aromatic carbocycles. The summed E-state index contributed by atoms with van der Waals surface area (Å²) in [5.74, 6) is 1.14. The van der Waals surface area contributed by atoms with E-state index in [9.17, 15) is 4.79 Å². The molecule has 0 unspecified atom stereocenters. The van der Waals surface area contributed by atoms with Gasteiger partial charge >= 0.3 is 0 Å². The number of rotatable bonds is 5. The number of nitrogens with one attached hydrogen (secondary N) is 1. The van der Waals surface area contributed by atoms with E-state index in [0.29, 0.717) is 17.4 Å². The topological polar surface area (TPSA) is 73.3 Å². The molecule has 104 valence electrons. The van der Waals surface area contributed by atoms with Gasteiger partial charge in [0.05, 0.1) is 7.11 Å². The molecule has 1 amide bonds. The predicted molar refractivity (Wildman–Crippen MR) is 73.9 cm³/mol. The quantitative estimate of drug-likeness (QED) is 0.899. The molecule has 0 spiro atoms. The molecule has 20 heavy (non-hydrogen) atoms. The van der Waals surface area contributed by atoms with Crippen LogP contribution in [0.3, 0.4) is 0 Å². The Morgan fingerprint density at radius 1 is 1.30 bits per heavy atom. The van der Waals surface area contributed by atoms with Crippen LogP contribution in [-0.2, 0) is 4.79 Å². The summed E-state index contributed by atoms with van der Waals surface area (Å²) in [7, 11) is 1.50. The third-order valence-corrected chi connectivity index (χ3v) is 2.57. The number of amides is 1. The molecule has 0 saturated carbocycles. The Morgan fingerprint density at radius 2 is 2.10 bits per heavy atom. The lowest BCUT2D eigenvalue weighted by Crippen LogP contribution is -2.21. The maximum Gasteiger partial charge on any atom is 0.263 e. The largest absolute Gasteiger partial charge is 0.483 e. The van der Waals surface area contributed by atoms with Gasteiger partial charge in [0.1, 0.15) is 17.9 Å². The van der Waals surface area contributed by atoms with Gasteiger partial charge in [0.15, 0.2) is 6.61 Å². The molecule has 0 aliphatic heterocycles. The zero-order chi connectivity index (χ0) is 14.4. The van der Waals surface area contributed by atoms with Gasteiger partial charge in [-0.05, 0) is 18.6 Å². The number of ether oxygens (including phenoxy) is 2. The standard InChI is InChI=1S/C14H15N3O3/c1-10-5-3-4-6-11(10)20-8-13(18)17-12-7-14(19-2)16-9-15-12/h3-7,9H,8H2,1-2H3,(H,15,16,17,18). The van der Waals surface area contributed by atoms with E-state index in [1.165, 1.54) is 19.5 Å². The van der Waals surface area contributed by atoms with Crippen molar-refractivity contribution in [2.24, 2.45) is 0 Å². The summed E-state index contributed by atoms with van der Waals surface area (Å²) < 4.78 is 10.4. The van der Waals surface area contributed by atoms with Crippen molar-refractivity contribution in [3.05, 3.63) is 42.2 Å². The lowest BCUT2D eigenvalue weighted by Gasteiger charge is -2.09. The van der Waals surface area contributed by atoms with E-state index in [2.05, 4.69) is 15.3 Å². The third-order valence-electron chi connectivity index (χ3n) is 2.57. The lowest BCUT2D eigenvalue weighted by molar-refractivity contribution is -0.118. The summed E-state index contributed by atoms with van der Waals surface area (Å²) >= 11 is 0. The van der Waals surface area contributed by atoms with E-state index < -0.39 is 0 Å². The Hall–Kier alpha value is -2.63. The zero-order valence-corrected chi connectivity index (χ0v) is 11.3. The molecule has 2 aromatic rings. The van der Waals surface area contributed by atoms with Gasteiger partial charge in [0.25, 0.3) is 5.91 Å². The fourth-order valence-electron chi connectivity index (χ4n) is 1.56. The van der Waals surface area contributed by atoms with Crippen molar-refractivity contribution < 1.29 is 14.3 Å². The number of methoxy groups -OCH3 is 1. The monoisotopic (exact) mass is 273 g/mol. The minimum Gasteiger partial charge on any atom is -0.483 e. The molecular weight excluding hydrogens is 258 g/mol. The molecular formula is C14H15N3O3. The molecule has 0 radical (unpaired) electrons. The van der Waals surface area contributed by atoms with Crippen LogP contribution < -0.4 is 14.8 Å². The van der Waals surface area contributed by atoms with E-state index in [1.54, 1.807) is 0 Å². The minimum absolute atomic E-state index is 0.0861. The van der Waals surface area contributed by atoms with Crippen LogP contribution in [0, 0.1) is 6.92 Å². The fraction of sp³-hybridized carbons (Fsp3) is 0.214. The first kappa shape index (κ1) is 13.8.